The van der Waals surface area contributed by atoms with Crippen molar-refractivity contribution in [1.82, 2.24) is 0 Å². The van der Waals surface area contributed by atoms with Crippen LogP contribution >= 0.6 is 0 Å². The Labute approximate surface area is 123 Å². The SMILES string of the molecule is COc1ccc2c(c1)CN(c1cccc(C(C)=O)c1)CO2. The van der Waals surface area contributed by atoms with E-state index in [9.17, 15) is 4.79 Å². The fourth-order valence-electron chi connectivity index (χ4n) is 2.43. The highest BCUT2D eigenvalue weighted by Crippen LogP contribution is 2.31. The van der Waals surface area contributed by atoms with Gasteiger partial charge < -0.3 is 14.4 Å². The Morgan fingerprint density at radius 3 is 2.86 bits per heavy atom. The molecule has 0 bridgehead atoms. The van der Waals surface area contributed by atoms with Crippen LogP contribution in [0.5, 0.6) is 11.5 Å². The van der Waals surface area contributed by atoms with E-state index in [4.69, 9.17) is 9.47 Å². The normalized spacial score (nSPS) is 13.3. The lowest BCUT2D eigenvalue weighted by molar-refractivity contribution is 0.101. The Kier molecular flexibility index (Phi) is 3.52. The van der Waals surface area contributed by atoms with Gasteiger partial charge in [-0.3, -0.25) is 4.79 Å². The number of carbonyl (C=O) groups excluding carboxylic acids is 1. The number of methoxy groups -OCH3 is 1. The van der Waals surface area contributed by atoms with Crippen LogP contribution in [-0.2, 0) is 6.54 Å². The zero-order valence-corrected chi connectivity index (χ0v) is 12.1. The van der Waals surface area contributed by atoms with Crippen LogP contribution in [-0.4, -0.2) is 19.6 Å². The summed E-state index contributed by atoms with van der Waals surface area (Å²) in [5.74, 6) is 1.77. The molecule has 0 aliphatic carbocycles. The second kappa shape index (κ2) is 5.48. The monoisotopic (exact) mass is 283 g/mol. The summed E-state index contributed by atoms with van der Waals surface area (Å²) in [6.07, 6.45) is 0. The number of carbonyl (C=O) groups is 1. The van der Waals surface area contributed by atoms with Crippen molar-refractivity contribution in [2.24, 2.45) is 0 Å². The predicted molar refractivity (Wildman–Crippen MR) is 81.1 cm³/mol. The summed E-state index contributed by atoms with van der Waals surface area (Å²) < 4.78 is 11.0. The highest BCUT2D eigenvalue weighted by molar-refractivity contribution is 5.95. The van der Waals surface area contributed by atoms with Gasteiger partial charge in [0, 0.05) is 23.4 Å². The van der Waals surface area contributed by atoms with Gasteiger partial charge in [-0.15, -0.1) is 0 Å². The van der Waals surface area contributed by atoms with Crippen LogP contribution in [0, 0.1) is 0 Å². The van der Waals surface area contributed by atoms with Gasteiger partial charge in [-0.25, -0.2) is 0 Å². The van der Waals surface area contributed by atoms with Crippen molar-refractivity contribution in [2.45, 2.75) is 13.5 Å². The van der Waals surface area contributed by atoms with E-state index in [0.29, 0.717) is 12.3 Å². The second-order valence-electron chi connectivity index (χ2n) is 5.05. The van der Waals surface area contributed by atoms with Gasteiger partial charge >= 0.3 is 0 Å². The summed E-state index contributed by atoms with van der Waals surface area (Å²) in [5, 5.41) is 0. The number of hydrogen-bond acceptors (Lipinski definition) is 4. The number of rotatable bonds is 3. The van der Waals surface area contributed by atoms with Gasteiger partial charge in [0.05, 0.1) is 7.11 Å². The van der Waals surface area contributed by atoms with E-state index >= 15 is 0 Å². The number of benzene rings is 2. The molecular formula is C17H17NO3. The molecule has 0 amide bonds. The van der Waals surface area contributed by atoms with Crippen molar-refractivity contribution in [1.29, 1.82) is 0 Å². The molecule has 0 radical (unpaired) electrons. The maximum absolute atomic E-state index is 11.5. The van der Waals surface area contributed by atoms with Crippen LogP contribution in [0.15, 0.2) is 42.5 Å². The lowest BCUT2D eigenvalue weighted by Gasteiger charge is -2.31. The van der Waals surface area contributed by atoms with Gasteiger partial charge in [0.2, 0.25) is 0 Å². The molecule has 3 rings (SSSR count). The molecule has 0 saturated heterocycles. The Morgan fingerprint density at radius 1 is 1.24 bits per heavy atom. The van der Waals surface area contributed by atoms with Crippen molar-refractivity contribution in [2.75, 3.05) is 18.7 Å². The topological polar surface area (TPSA) is 38.8 Å². The van der Waals surface area contributed by atoms with Crippen LogP contribution < -0.4 is 14.4 Å². The van der Waals surface area contributed by atoms with Gasteiger partial charge in [0.1, 0.15) is 11.5 Å². The van der Waals surface area contributed by atoms with Gasteiger partial charge in [-0.2, -0.15) is 0 Å². The molecule has 0 fully saturated rings. The number of ether oxygens (including phenoxy) is 2. The molecule has 4 heteroatoms. The van der Waals surface area contributed by atoms with E-state index in [1.165, 1.54) is 0 Å². The first-order valence-corrected chi connectivity index (χ1v) is 6.83. The zero-order valence-electron chi connectivity index (χ0n) is 12.1. The summed E-state index contributed by atoms with van der Waals surface area (Å²) in [6.45, 7) is 2.78. The number of anilines is 1. The third-order valence-electron chi connectivity index (χ3n) is 3.62. The van der Waals surface area contributed by atoms with Gasteiger partial charge in [-0.05, 0) is 37.3 Å². The van der Waals surface area contributed by atoms with Crippen LogP contribution in [0.4, 0.5) is 5.69 Å². The molecule has 1 heterocycles. The highest BCUT2D eigenvalue weighted by atomic mass is 16.5. The van der Waals surface area contributed by atoms with E-state index < -0.39 is 0 Å². The van der Waals surface area contributed by atoms with Crippen molar-refractivity contribution < 1.29 is 14.3 Å². The van der Waals surface area contributed by atoms with Gasteiger partial charge in [0.25, 0.3) is 0 Å². The minimum atomic E-state index is 0.0665. The predicted octanol–water partition coefficient (Wildman–Crippen LogP) is 3.25. The molecular weight excluding hydrogens is 266 g/mol. The lowest BCUT2D eigenvalue weighted by atomic mass is 10.1. The molecule has 0 unspecified atom stereocenters. The molecule has 4 nitrogen and oxygen atoms in total. The molecule has 2 aromatic rings. The molecule has 1 aliphatic rings. The third-order valence-corrected chi connectivity index (χ3v) is 3.62. The molecule has 1 aliphatic heterocycles. The molecule has 0 aromatic heterocycles. The number of fused-ring (bicyclic) bond motifs is 1. The molecule has 0 spiro atoms. The number of Topliss-reactive ketones (excluding diaryl/α,β-unsaturated/α-hetero) is 1. The van der Waals surface area contributed by atoms with E-state index in [0.717, 1.165) is 29.3 Å². The third kappa shape index (κ3) is 2.70. The largest absolute Gasteiger partial charge is 0.497 e. The molecule has 108 valence electrons. The summed E-state index contributed by atoms with van der Waals surface area (Å²) >= 11 is 0. The van der Waals surface area contributed by atoms with Crippen molar-refractivity contribution in [3.63, 3.8) is 0 Å². The Bertz CT molecular complexity index is 681. The molecule has 0 saturated carbocycles. The first-order valence-electron chi connectivity index (χ1n) is 6.83. The van der Waals surface area contributed by atoms with E-state index in [-0.39, 0.29) is 5.78 Å². The maximum atomic E-state index is 11.5. The van der Waals surface area contributed by atoms with Crippen LogP contribution in [0.3, 0.4) is 0 Å². The number of nitrogens with zero attached hydrogens (tertiary/aromatic N) is 1. The fraction of sp³-hybridized carbons (Fsp3) is 0.235. The van der Waals surface area contributed by atoms with Crippen LogP contribution in [0.1, 0.15) is 22.8 Å². The zero-order chi connectivity index (χ0) is 14.8. The van der Waals surface area contributed by atoms with Crippen LogP contribution in [0.25, 0.3) is 0 Å². The van der Waals surface area contributed by atoms with E-state index in [1.807, 2.05) is 42.5 Å². The van der Waals surface area contributed by atoms with Crippen molar-refractivity contribution in [3.05, 3.63) is 53.6 Å². The smallest absolute Gasteiger partial charge is 0.161 e. The average molecular weight is 283 g/mol. The fourth-order valence-corrected chi connectivity index (χ4v) is 2.43. The molecule has 0 atom stereocenters. The summed E-state index contributed by atoms with van der Waals surface area (Å²) in [6, 6.07) is 13.4. The Balaban J connectivity index is 1.88. The van der Waals surface area contributed by atoms with Gasteiger partial charge in [0.15, 0.2) is 12.5 Å². The van der Waals surface area contributed by atoms with E-state index in [2.05, 4.69) is 4.90 Å². The molecule has 0 N–H and O–H groups in total. The molecule has 21 heavy (non-hydrogen) atoms. The summed E-state index contributed by atoms with van der Waals surface area (Å²) in [5.41, 5.74) is 2.77. The summed E-state index contributed by atoms with van der Waals surface area (Å²) in [7, 11) is 1.65. The van der Waals surface area contributed by atoms with Crippen molar-refractivity contribution in [3.8, 4) is 11.5 Å². The first kappa shape index (κ1) is 13.5. The average Bonchev–Trinajstić information content (AvgIpc) is 2.53. The number of hydrogen-bond donors (Lipinski definition) is 0. The minimum absolute atomic E-state index is 0.0665. The standard InChI is InChI=1S/C17H17NO3/c1-12(19)13-4-3-5-15(8-13)18-10-14-9-16(20-2)6-7-17(14)21-11-18/h3-9H,10-11H2,1-2H3. The lowest BCUT2D eigenvalue weighted by Crippen LogP contribution is -2.31. The van der Waals surface area contributed by atoms with Crippen LogP contribution in [0.2, 0.25) is 0 Å². The van der Waals surface area contributed by atoms with Gasteiger partial charge in [-0.1, -0.05) is 12.1 Å². The highest BCUT2D eigenvalue weighted by Gasteiger charge is 2.18. The first-order chi connectivity index (χ1) is 10.2. The van der Waals surface area contributed by atoms with E-state index in [1.54, 1.807) is 14.0 Å². The maximum Gasteiger partial charge on any atom is 0.161 e. The Hall–Kier alpha value is -2.49. The minimum Gasteiger partial charge on any atom is -0.497 e. The Morgan fingerprint density at radius 2 is 2.10 bits per heavy atom. The molecule has 2 aromatic carbocycles. The summed E-state index contributed by atoms with van der Waals surface area (Å²) in [4.78, 5) is 13.6. The van der Waals surface area contributed by atoms with Crippen molar-refractivity contribution >= 4 is 11.5 Å². The number of ketones is 1. The quantitative estimate of drug-likeness (QED) is 0.811. The second-order valence-corrected chi connectivity index (χ2v) is 5.05.